The van der Waals surface area contributed by atoms with Crippen LogP contribution >= 0.6 is 0 Å². The third kappa shape index (κ3) is 2.38. The molecule has 0 heterocycles. The molecule has 15 heavy (non-hydrogen) atoms. The summed E-state index contributed by atoms with van der Waals surface area (Å²) in [6, 6.07) is 9.95. The van der Waals surface area contributed by atoms with Gasteiger partial charge in [-0.15, -0.1) is 0 Å². The van der Waals surface area contributed by atoms with E-state index in [4.69, 9.17) is 4.74 Å². The number of rotatable bonds is 4. The number of hydrogen-bond donors (Lipinski definition) is 0. The maximum atomic E-state index is 11.8. The fourth-order valence-corrected chi connectivity index (χ4v) is 1.92. The molecule has 1 atom stereocenters. The molecule has 0 aromatic heterocycles. The SMILES string of the molecule is CCOC(=O)C(c1ccccc1)C1CC1. The zero-order valence-corrected chi connectivity index (χ0v) is 8.98. The van der Waals surface area contributed by atoms with Crippen molar-refractivity contribution < 1.29 is 9.53 Å². The Morgan fingerprint density at radius 3 is 2.60 bits per heavy atom. The summed E-state index contributed by atoms with van der Waals surface area (Å²) in [5, 5.41) is 0. The lowest BCUT2D eigenvalue weighted by molar-refractivity contribution is -0.145. The van der Waals surface area contributed by atoms with E-state index in [0.29, 0.717) is 12.5 Å². The molecule has 1 aromatic carbocycles. The zero-order valence-electron chi connectivity index (χ0n) is 8.98. The van der Waals surface area contributed by atoms with Crippen LogP contribution in [-0.2, 0) is 9.53 Å². The van der Waals surface area contributed by atoms with Gasteiger partial charge in [0, 0.05) is 0 Å². The van der Waals surface area contributed by atoms with E-state index < -0.39 is 0 Å². The van der Waals surface area contributed by atoms with Crippen molar-refractivity contribution in [1.29, 1.82) is 0 Å². The van der Waals surface area contributed by atoms with Gasteiger partial charge >= 0.3 is 5.97 Å². The van der Waals surface area contributed by atoms with Gasteiger partial charge in [0.2, 0.25) is 0 Å². The Hall–Kier alpha value is -1.31. The van der Waals surface area contributed by atoms with Gasteiger partial charge in [-0.3, -0.25) is 4.79 Å². The molecular formula is C13H16O2. The van der Waals surface area contributed by atoms with E-state index in [2.05, 4.69) is 0 Å². The van der Waals surface area contributed by atoms with Gasteiger partial charge in [-0.2, -0.15) is 0 Å². The van der Waals surface area contributed by atoms with Crippen molar-refractivity contribution in [3.63, 3.8) is 0 Å². The van der Waals surface area contributed by atoms with Gasteiger partial charge in [-0.1, -0.05) is 30.3 Å². The second-order valence-electron chi connectivity index (χ2n) is 3.98. The molecule has 0 N–H and O–H groups in total. The monoisotopic (exact) mass is 204 g/mol. The zero-order chi connectivity index (χ0) is 10.7. The molecule has 1 fully saturated rings. The van der Waals surface area contributed by atoms with Crippen LogP contribution in [0.2, 0.25) is 0 Å². The second kappa shape index (κ2) is 4.47. The van der Waals surface area contributed by atoms with Crippen molar-refractivity contribution in [2.24, 2.45) is 5.92 Å². The third-order valence-electron chi connectivity index (χ3n) is 2.79. The second-order valence-corrected chi connectivity index (χ2v) is 3.98. The average molecular weight is 204 g/mol. The van der Waals surface area contributed by atoms with Crippen molar-refractivity contribution in [3.05, 3.63) is 35.9 Å². The molecule has 80 valence electrons. The van der Waals surface area contributed by atoms with E-state index in [1.807, 2.05) is 37.3 Å². The Labute approximate surface area is 90.3 Å². The van der Waals surface area contributed by atoms with Crippen molar-refractivity contribution >= 4 is 5.97 Å². The fourth-order valence-electron chi connectivity index (χ4n) is 1.92. The van der Waals surface area contributed by atoms with Crippen molar-refractivity contribution in [2.75, 3.05) is 6.61 Å². The van der Waals surface area contributed by atoms with Crippen LogP contribution in [0.15, 0.2) is 30.3 Å². The summed E-state index contributed by atoms with van der Waals surface area (Å²) in [6.45, 7) is 2.32. The first-order chi connectivity index (χ1) is 7.33. The minimum Gasteiger partial charge on any atom is -0.466 e. The highest BCUT2D eigenvalue weighted by molar-refractivity contribution is 5.79. The van der Waals surface area contributed by atoms with E-state index in [1.54, 1.807) is 0 Å². The molecular weight excluding hydrogens is 188 g/mol. The molecule has 1 saturated carbocycles. The molecule has 1 aliphatic rings. The van der Waals surface area contributed by atoms with Gasteiger partial charge in [-0.25, -0.2) is 0 Å². The highest BCUT2D eigenvalue weighted by atomic mass is 16.5. The van der Waals surface area contributed by atoms with Crippen LogP contribution in [0.25, 0.3) is 0 Å². The summed E-state index contributed by atoms with van der Waals surface area (Å²) in [5.74, 6) is 0.406. The van der Waals surface area contributed by atoms with Crippen LogP contribution in [0.5, 0.6) is 0 Å². The fraction of sp³-hybridized carbons (Fsp3) is 0.462. The topological polar surface area (TPSA) is 26.3 Å². The number of esters is 1. The molecule has 2 nitrogen and oxygen atoms in total. The lowest BCUT2D eigenvalue weighted by atomic mass is 9.94. The minimum atomic E-state index is -0.0637. The van der Waals surface area contributed by atoms with Gasteiger partial charge < -0.3 is 4.74 Å². The van der Waals surface area contributed by atoms with Gasteiger partial charge in [0.15, 0.2) is 0 Å². The average Bonchev–Trinajstić information content (AvgIpc) is 3.04. The Morgan fingerprint density at radius 2 is 2.07 bits per heavy atom. The minimum absolute atomic E-state index is 0.0360. The molecule has 0 aliphatic heterocycles. The van der Waals surface area contributed by atoms with Gasteiger partial charge in [-0.05, 0) is 31.2 Å². The molecule has 0 spiro atoms. The molecule has 1 aliphatic carbocycles. The van der Waals surface area contributed by atoms with Crippen molar-refractivity contribution in [3.8, 4) is 0 Å². The summed E-state index contributed by atoms with van der Waals surface area (Å²) in [6.07, 6.45) is 2.30. The standard InChI is InChI=1S/C13H16O2/c1-2-15-13(14)12(11-8-9-11)10-6-4-3-5-7-10/h3-7,11-12H,2,8-9H2,1H3. The first kappa shape index (κ1) is 10.2. The maximum absolute atomic E-state index is 11.8. The number of carbonyl (C=O) groups is 1. The normalized spacial score (nSPS) is 17.1. The molecule has 2 rings (SSSR count). The molecule has 0 radical (unpaired) electrons. The molecule has 0 amide bonds. The van der Waals surface area contributed by atoms with E-state index in [1.165, 1.54) is 0 Å². The highest BCUT2D eigenvalue weighted by Crippen LogP contribution is 2.43. The number of benzene rings is 1. The molecule has 0 saturated heterocycles. The van der Waals surface area contributed by atoms with Gasteiger partial charge in [0.1, 0.15) is 0 Å². The Kier molecular flexibility index (Phi) is 3.05. The summed E-state index contributed by atoms with van der Waals surface area (Å²) in [5.41, 5.74) is 1.10. The largest absolute Gasteiger partial charge is 0.466 e. The van der Waals surface area contributed by atoms with Crippen LogP contribution in [0.3, 0.4) is 0 Å². The molecule has 1 unspecified atom stereocenters. The molecule has 1 aromatic rings. The lowest BCUT2D eigenvalue weighted by Gasteiger charge is -2.14. The Bertz CT molecular complexity index is 328. The predicted molar refractivity (Wildman–Crippen MR) is 58.5 cm³/mol. The third-order valence-corrected chi connectivity index (χ3v) is 2.79. The molecule has 0 bridgehead atoms. The van der Waals surface area contributed by atoms with Crippen LogP contribution in [0.4, 0.5) is 0 Å². The Morgan fingerprint density at radius 1 is 1.40 bits per heavy atom. The quantitative estimate of drug-likeness (QED) is 0.705. The van der Waals surface area contributed by atoms with Gasteiger partial charge in [0.05, 0.1) is 12.5 Å². The van der Waals surface area contributed by atoms with E-state index in [-0.39, 0.29) is 11.9 Å². The Balaban J connectivity index is 2.16. The number of ether oxygens (including phenoxy) is 1. The summed E-state index contributed by atoms with van der Waals surface area (Å²) in [7, 11) is 0. The highest BCUT2D eigenvalue weighted by Gasteiger charge is 2.38. The van der Waals surface area contributed by atoms with E-state index in [0.717, 1.165) is 18.4 Å². The van der Waals surface area contributed by atoms with Crippen LogP contribution in [0, 0.1) is 5.92 Å². The van der Waals surface area contributed by atoms with E-state index >= 15 is 0 Å². The predicted octanol–water partition coefficient (Wildman–Crippen LogP) is 2.74. The first-order valence-electron chi connectivity index (χ1n) is 5.54. The van der Waals surface area contributed by atoms with Crippen LogP contribution in [0.1, 0.15) is 31.2 Å². The van der Waals surface area contributed by atoms with Crippen LogP contribution < -0.4 is 0 Å². The number of hydrogen-bond acceptors (Lipinski definition) is 2. The van der Waals surface area contributed by atoms with E-state index in [9.17, 15) is 4.79 Å². The summed E-state index contributed by atoms with van der Waals surface area (Å²) < 4.78 is 5.12. The van der Waals surface area contributed by atoms with Crippen molar-refractivity contribution in [1.82, 2.24) is 0 Å². The maximum Gasteiger partial charge on any atom is 0.313 e. The molecule has 2 heteroatoms. The smallest absolute Gasteiger partial charge is 0.313 e. The van der Waals surface area contributed by atoms with Crippen molar-refractivity contribution in [2.45, 2.75) is 25.7 Å². The lowest BCUT2D eigenvalue weighted by Crippen LogP contribution is -2.17. The van der Waals surface area contributed by atoms with Crippen LogP contribution in [-0.4, -0.2) is 12.6 Å². The first-order valence-corrected chi connectivity index (χ1v) is 5.54. The van der Waals surface area contributed by atoms with Gasteiger partial charge in [0.25, 0.3) is 0 Å². The summed E-state index contributed by atoms with van der Waals surface area (Å²) in [4.78, 5) is 11.8. The number of carbonyl (C=O) groups excluding carboxylic acids is 1. The summed E-state index contributed by atoms with van der Waals surface area (Å²) >= 11 is 0.